The second kappa shape index (κ2) is 8.23. The fourth-order valence-electron chi connectivity index (χ4n) is 2.10. The molecule has 1 aromatic carbocycles. The topological polar surface area (TPSA) is 41.1 Å². The van der Waals surface area contributed by atoms with Gasteiger partial charge in [-0.15, -0.1) is 24.2 Å². The average Bonchev–Trinajstić information content (AvgIpc) is 3.15. The maximum absolute atomic E-state index is 11.9. The Morgan fingerprint density at radius 3 is 2.55 bits per heavy atom. The lowest BCUT2D eigenvalue weighted by Gasteiger charge is -2.18. The highest BCUT2D eigenvalue weighted by atomic mass is 35.5. The van der Waals surface area contributed by atoms with Gasteiger partial charge in [0.1, 0.15) is 0 Å². The lowest BCUT2D eigenvalue weighted by molar-refractivity contribution is -0.115. The normalized spacial score (nSPS) is 14.4. The highest BCUT2D eigenvalue weighted by Crippen LogP contribution is 2.33. The summed E-state index contributed by atoms with van der Waals surface area (Å²) in [5.41, 5.74) is 2.02. The lowest BCUT2D eigenvalue weighted by atomic mass is 10.2. The van der Waals surface area contributed by atoms with Gasteiger partial charge in [0.25, 0.3) is 0 Å². The van der Waals surface area contributed by atoms with E-state index in [0.717, 1.165) is 23.7 Å². The van der Waals surface area contributed by atoms with Crippen LogP contribution < -0.4 is 10.6 Å². The molecule has 1 fully saturated rings. The smallest absolute Gasteiger partial charge is 0.238 e. The van der Waals surface area contributed by atoms with E-state index >= 15 is 0 Å². The summed E-state index contributed by atoms with van der Waals surface area (Å²) in [6.07, 6.45) is 2.61. The molecule has 0 heterocycles. The van der Waals surface area contributed by atoms with Crippen molar-refractivity contribution in [2.24, 2.45) is 5.92 Å². The Balaban J connectivity index is 0.00000242. The molecular formula is C17H27ClN2OS. The molecule has 2 rings (SSSR count). The quantitative estimate of drug-likeness (QED) is 0.759. The van der Waals surface area contributed by atoms with Gasteiger partial charge in [-0.1, -0.05) is 20.8 Å². The molecule has 0 aliphatic heterocycles. The number of aryl methyl sites for hydroxylation is 1. The van der Waals surface area contributed by atoms with Gasteiger partial charge in [0.05, 0.1) is 6.54 Å². The summed E-state index contributed by atoms with van der Waals surface area (Å²) >= 11 is 1.84. The summed E-state index contributed by atoms with van der Waals surface area (Å²) in [7, 11) is 0. The number of hydrogen-bond acceptors (Lipinski definition) is 3. The number of thioether (sulfide) groups is 1. The Morgan fingerprint density at radius 1 is 1.32 bits per heavy atom. The fourth-order valence-corrected chi connectivity index (χ4v) is 3.18. The Morgan fingerprint density at radius 2 is 2.00 bits per heavy atom. The van der Waals surface area contributed by atoms with Crippen LogP contribution in [-0.4, -0.2) is 23.7 Å². The molecule has 22 heavy (non-hydrogen) atoms. The SMILES string of the molecule is Cc1cc(SC(C)(C)C)ccc1NC(=O)CNCC1CC1.Cl. The van der Waals surface area contributed by atoms with Gasteiger partial charge in [0.2, 0.25) is 5.91 Å². The summed E-state index contributed by atoms with van der Waals surface area (Å²) in [5, 5.41) is 6.20. The number of rotatable bonds is 6. The van der Waals surface area contributed by atoms with Crippen molar-refractivity contribution in [1.82, 2.24) is 5.32 Å². The van der Waals surface area contributed by atoms with Crippen LogP contribution in [-0.2, 0) is 4.79 Å². The molecule has 1 aliphatic carbocycles. The van der Waals surface area contributed by atoms with Gasteiger partial charge in [-0.3, -0.25) is 4.79 Å². The molecule has 5 heteroatoms. The minimum absolute atomic E-state index is 0. The molecule has 1 amide bonds. The molecule has 0 spiro atoms. The molecule has 3 nitrogen and oxygen atoms in total. The summed E-state index contributed by atoms with van der Waals surface area (Å²) in [5.74, 6) is 0.836. The van der Waals surface area contributed by atoms with Crippen LogP contribution in [0.4, 0.5) is 5.69 Å². The summed E-state index contributed by atoms with van der Waals surface area (Å²) in [6.45, 7) is 10.0. The molecule has 1 saturated carbocycles. The second-order valence-corrected chi connectivity index (χ2v) is 8.71. The van der Waals surface area contributed by atoms with Crippen LogP contribution in [0.2, 0.25) is 0 Å². The molecule has 1 aliphatic rings. The highest BCUT2D eigenvalue weighted by Gasteiger charge is 2.20. The van der Waals surface area contributed by atoms with E-state index in [0.29, 0.717) is 6.54 Å². The van der Waals surface area contributed by atoms with Crippen molar-refractivity contribution < 1.29 is 4.79 Å². The van der Waals surface area contributed by atoms with Crippen molar-refractivity contribution in [3.63, 3.8) is 0 Å². The summed E-state index contributed by atoms with van der Waals surface area (Å²) < 4.78 is 0.198. The largest absolute Gasteiger partial charge is 0.325 e. The first-order valence-electron chi connectivity index (χ1n) is 7.64. The van der Waals surface area contributed by atoms with E-state index in [2.05, 4.69) is 43.5 Å². The van der Waals surface area contributed by atoms with Crippen LogP contribution in [0.25, 0.3) is 0 Å². The number of benzene rings is 1. The number of halogens is 1. The minimum Gasteiger partial charge on any atom is -0.325 e. The van der Waals surface area contributed by atoms with Gasteiger partial charge < -0.3 is 10.6 Å². The van der Waals surface area contributed by atoms with Crippen LogP contribution in [0.1, 0.15) is 39.2 Å². The third-order valence-electron chi connectivity index (χ3n) is 3.31. The predicted molar refractivity (Wildman–Crippen MR) is 98.3 cm³/mol. The molecule has 0 unspecified atom stereocenters. The van der Waals surface area contributed by atoms with E-state index in [4.69, 9.17) is 0 Å². The Hall–Kier alpha value is -0.710. The molecule has 0 aromatic heterocycles. The molecule has 1 aromatic rings. The van der Waals surface area contributed by atoms with Gasteiger partial charge in [0.15, 0.2) is 0 Å². The number of carbonyl (C=O) groups excluding carboxylic acids is 1. The summed E-state index contributed by atoms with van der Waals surface area (Å²) in [6, 6.07) is 6.22. The van der Waals surface area contributed by atoms with E-state index in [1.165, 1.54) is 17.7 Å². The van der Waals surface area contributed by atoms with Crippen LogP contribution in [0.5, 0.6) is 0 Å². The van der Waals surface area contributed by atoms with Crippen molar-refractivity contribution in [1.29, 1.82) is 0 Å². The average molecular weight is 343 g/mol. The van der Waals surface area contributed by atoms with Gasteiger partial charge in [0, 0.05) is 15.3 Å². The third-order valence-corrected chi connectivity index (χ3v) is 4.41. The van der Waals surface area contributed by atoms with Crippen molar-refractivity contribution in [3.8, 4) is 0 Å². The van der Waals surface area contributed by atoms with E-state index in [9.17, 15) is 4.79 Å². The third kappa shape index (κ3) is 7.03. The number of carbonyl (C=O) groups is 1. The Labute approximate surface area is 144 Å². The molecular weight excluding hydrogens is 316 g/mol. The lowest BCUT2D eigenvalue weighted by Crippen LogP contribution is -2.29. The monoisotopic (exact) mass is 342 g/mol. The van der Waals surface area contributed by atoms with Crippen LogP contribution in [0.3, 0.4) is 0 Å². The van der Waals surface area contributed by atoms with Crippen LogP contribution in [0, 0.1) is 12.8 Å². The maximum atomic E-state index is 11.9. The second-order valence-electron chi connectivity index (χ2n) is 6.81. The van der Waals surface area contributed by atoms with Gasteiger partial charge in [-0.05, 0) is 56.0 Å². The van der Waals surface area contributed by atoms with E-state index in [1.807, 2.05) is 24.8 Å². The van der Waals surface area contributed by atoms with E-state index < -0.39 is 0 Å². The molecule has 124 valence electrons. The molecule has 0 atom stereocenters. The number of anilines is 1. The van der Waals surface area contributed by atoms with Crippen molar-refractivity contribution in [2.45, 2.75) is 50.2 Å². The standard InChI is InChI=1S/C17H26N2OS.ClH/c1-12-9-14(21-17(2,3)4)7-8-15(12)19-16(20)11-18-10-13-5-6-13;/h7-9,13,18H,5-6,10-11H2,1-4H3,(H,19,20);1H. The molecule has 0 saturated heterocycles. The van der Waals surface area contributed by atoms with Crippen molar-refractivity contribution in [2.75, 3.05) is 18.4 Å². The first-order chi connectivity index (χ1) is 9.83. The molecule has 2 N–H and O–H groups in total. The van der Waals surface area contributed by atoms with Crippen molar-refractivity contribution in [3.05, 3.63) is 23.8 Å². The van der Waals surface area contributed by atoms with E-state index in [1.54, 1.807) is 0 Å². The number of nitrogens with one attached hydrogen (secondary N) is 2. The van der Waals surface area contributed by atoms with Gasteiger partial charge >= 0.3 is 0 Å². The van der Waals surface area contributed by atoms with Crippen LogP contribution in [0.15, 0.2) is 23.1 Å². The first kappa shape index (κ1) is 19.3. The molecule has 0 bridgehead atoms. The van der Waals surface area contributed by atoms with Crippen molar-refractivity contribution >= 4 is 35.8 Å². The first-order valence-corrected chi connectivity index (χ1v) is 8.45. The predicted octanol–water partition coefficient (Wildman–Crippen LogP) is 4.25. The van der Waals surface area contributed by atoms with E-state index in [-0.39, 0.29) is 23.1 Å². The highest BCUT2D eigenvalue weighted by molar-refractivity contribution is 8.00. The number of amides is 1. The zero-order chi connectivity index (χ0) is 15.5. The Kier molecular flexibility index (Phi) is 7.23. The van der Waals surface area contributed by atoms with Crippen LogP contribution >= 0.6 is 24.2 Å². The molecule has 0 radical (unpaired) electrons. The maximum Gasteiger partial charge on any atom is 0.238 e. The minimum atomic E-state index is 0. The summed E-state index contributed by atoms with van der Waals surface area (Å²) in [4.78, 5) is 13.1. The zero-order valence-electron chi connectivity index (χ0n) is 13.9. The fraction of sp³-hybridized carbons (Fsp3) is 0.588. The zero-order valence-corrected chi connectivity index (χ0v) is 15.5. The van der Waals surface area contributed by atoms with Gasteiger partial charge in [-0.2, -0.15) is 0 Å². The number of hydrogen-bond donors (Lipinski definition) is 2. The Bertz CT molecular complexity index is 510. The van der Waals surface area contributed by atoms with Gasteiger partial charge in [-0.25, -0.2) is 0 Å².